The molecule has 4 aliphatic carbocycles. The van der Waals surface area contributed by atoms with Gasteiger partial charge in [-0.1, -0.05) is 502 Å². The van der Waals surface area contributed by atoms with Crippen molar-refractivity contribution in [3.63, 3.8) is 0 Å². The van der Waals surface area contributed by atoms with Crippen molar-refractivity contribution in [3.05, 3.63) is 419 Å². The third-order valence-corrected chi connectivity index (χ3v) is 27.8. The maximum atomic E-state index is 9.20. The van der Waals surface area contributed by atoms with Crippen molar-refractivity contribution < 1.29 is 15.1 Å². The zero-order valence-electron chi connectivity index (χ0n) is 94.7. The van der Waals surface area contributed by atoms with Crippen LogP contribution in [0, 0.1) is 6.92 Å². The molecule has 135 heavy (non-hydrogen) atoms. The third-order valence-electron chi connectivity index (χ3n) is 27.8. The summed E-state index contributed by atoms with van der Waals surface area (Å²) in [5.41, 5.74) is 33.3. The molecule has 0 aromatic heterocycles. The highest BCUT2D eigenvalue weighted by Gasteiger charge is 2.34. The van der Waals surface area contributed by atoms with Gasteiger partial charge < -0.3 is 0 Å². The molecule has 4 aliphatic rings. The van der Waals surface area contributed by atoms with E-state index < -0.39 is 29.9 Å². The van der Waals surface area contributed by atoms with E-state index in [0.29, 0.717) is 11.1 Å². The molecule has 0 radical (unpaired) electrons. The molecule has 0 unspecified atom stereocenters. The second-order valence-corrected chi connectivity index (χ2v) is 43.4. The van der Waals surface area contributed by atoms with Gasteiger partial charge in [0, 0.05) is 2.74 Å². The molecule has 0 atom stereocenters. The van der Waals surface area contributed by atoms with Crippen LogP contribution in [0.2, 0.25) is 0 Å². The smallest absolute Gasteiger partial charge is 0.0622 e. The molecule has 0 saturated heterocycles. The zero-order chi connectivity index (χ0) is 104. The lowest BCUT2D eigenvalue weighted by Crippen LogP contribution is -2.22. The molecule has 4 saturated carbocycles. The fraction of sp³-hybridized carbons (Fsp3) is 0.333. The molecule has 692 valence electrons. The quantitative estimate of drug-likeness (QED) is 0.102. The lowest BCUT2D eigenvalue weighted by Gasteiger charge is -2.35. The van der Waals surface area contributed by atoms with E-state index in [-0.39, 0.29) is 80.0 Å². The zero-order valence-corrected chi connectivity index (χ0v) is 83.7. The van der Waals surface area contributed by atoms with Gasteiger partial charge in [-0.05, 0) is 319 Å². The molecule has 0 amide bonds. The Bertz CT molecular complexity index is 6440. The van der Waals surface area contributed by atoms with Crippen LogP contribution in [0.3, 0.4) is 0 Å². The fourth-order valence-corrected chi connectivity index (χ4v) is 20.9. The second kappa shape index (κ2) is 44.9. The Hall–Kier alpha value is -11.7. The van der Waals surface area contributed by atoms with Gasteiger partial charge in [-0.3, -0.25) is 0 Å². The number of hydrogen-bond acceptors (Lipinski definition) is 0. The van der Waals surface area contributed by atoms with E-state index in [1.54, 1.807) is 34.9 Å². The van der Waals surface area contributed by atoms with E-state index in [2.05, 4.69) is 374 Å². The van der Waals surface area contributed by atoms with Crippen LogP contribution in [0.25, 0.3) is 111 Å². The van der Waals surface area contributed by atoms with Gasteiger partial charge in [0.2, 0.25) is 0 Å². The highest BCUT2D eigenvalue weighted by atomic mass is 14.4. The van der Waals surface area contributed by atoms with Gasteiger partial charge in [0.1, 0.15) is 0 Å². The molecule has 0 heteroatoms. The first-order valence-corrected chi connectivity index (χ1v) is 50.5. The fourth-order valence-electron chi connectivity index (χ4n) is 20.9. The first-order chi connectivity index (χ1) is 69.5. The van der Waals surface area contributed by atoms with E-state index in [4.69, 9.17) is 12.3 Å². The topological polar surface area (TPSA) is 0 Å². The normalized spacial score (nSPS) is 16.5. The standard InChI is InChI=1S/C46H38.C23H24.2C22H34.C22H22/c1-46(2,3)45-43(41-29-37(33-17-8-4-9-18-33)27-38(30-41)34-19-10-5-11-20-34)25-16-26-44(45)42-31-39(35-21-12-6-13-22-35)28-40(32-42)36-23-14-7-15-24-36;1-17-10-12-19(13-11-17)21-14-20(18-8-6-5-7-9-18)15-22(16-21)23(2,3)4;2*1-22(2,3)21-19(17-11-6-4-7-12-17)15-10-16-20(21)18-13-8-5-9-14-18;1-22(2,3)21-15-19(17-10-6-4-7-11-17)14-20(16-21)18-12-8-5-9-13-18/h4-32H,1-3H3;5-16H,1-4H3;2*10,15-18H,4-9,11-14H2,1-3H3;4-16H,1-3H3/i;5D,6D,7D,8D,9D,10D,11D,12D,13D;17D,18D;;. The Labute approximate surface area is 830 Å². The van der Waals surface area contributed by atoms with E-state index >= 15 is 0 Å². The molecule has 0 aliphatic heterocycles. The van der Waals surface area contributed by atoms with Crippen LogP contribution < -0.4 is 0 Å². The van der Waals surface area contributed by atoms with Crippen molar-refractivity contribution in [2.45, 2.75) is 290 Å². The third kappa shape index (κ3) is 25.7. The summed E-state index contributed by atoms with van der Waals surface area (Å²) in [5.74, 6) is 0.766. The van der Waals surface area contributed by atoms with Crippen LogP contribution in [0.15, 0.2) is 364 Å². The molecule has 15 aromatic rings. The summed E-state index contributed by atoms with van der Waals surface area (Å²) in [6.45, 7) is 35.4. The molecular formula is C135H152. The molecular weight excluding hydrogens is 1620 g/mol. The van der Waals surface area contributed by atoms with Gasteiger partial charge in [-0.2, -0.15) is 0 Å². The molecule has 0 spiro atoms. The van der Waals surface area contributed by atoms with E-state index in [1.165, 1.54) is 226 Å². The maximum absolute atomic E-state index is 9.20. The average Bonchev–Trinajstić information content (AvgIpc) is 0.753. The van der Waals surface area contributed by atoms with Gasteiger partial charge in [0.25, 0.3) is 0 Å². The van der Waals surface area contributed by atoms with Gasteiger partial charge >= 0.3 is 0 Å². The minimum Gasteiger partial charge on any atom is -0.0622 e. The summed E-state index contributed by atoms with van der Waals surface area (Å²) < 4.78 is 92.2. The highest BCUT2D eigenvalue weighted by molar-refractivity contribution is 5.89. The average molecular weight is 1790 g/mol. The van der Waals surface area contributed by atoms with Gasteiger partial charge in [0.15, 0.2) is 0 Å². The Balaban J connectivity index is 0.000000142. The second-order valence-electron chi connectivity index (χ2n) is 43.4. The monoisotopic (exact) mass is 1780 g/mol. The summed E-state index contributed by atoms with van der Waals surface area (Å²) >= 11 is 0. The SMILES string of the molecule is CC(C)(C)c1c(-c2cc(-c3ccccc3)cc(-c3ccccc3)c2)cccc1-c1cc(-c2ccccc2)cc(-c2ccccc2)c1.CC(C)(C)c1c(C2CCCCC2)cccc1C1CCCCC1.CC(C)(C)c1cc(-c2ccccc2)cc(-c2ccccc2)c1.[2H]C1(c2cccc(C3([2H])CCCCC3)c2C(C)(C)C)CCCCC1.[2H]c1c([2H])c([2H])c(-c2cc(-c3c([2H])c([2H])c(C)c([2H])c3[2H])cc(C(C)(C)C)c2)c([2H])c1[2H]. The Morgan fingerprint density at radius 2 is 0.437 bits per heavy atom. The van der Waals surface area contributed by atoms with Crippen LogP contribution in [-0.4, -0.2) is 0 Å². The van der Waals surface area contributed by atoms with E-state index in [0.717, 1.165) is 43.1 Å². The maximum Gasteiger partial charge on any atom is 0.0629 e. The van der Waals surface area contributed by atoms with Crippen LogP contribution in [0.5, 0.6) is 0 Å². The minimum absolute atomic E-state index is 0.0110. The lowest BCUT2D eigenvalue weighted by atomic mass is 9.70. The number of benzene rings is 15. The summed E-state index contributed by atoms with van der Waals surface area (Å²) in [7, 11) is 0. The van der Waals surface area contributed by atoms with Gasteiger partial charge in [-0.15, -0.1) is 0 Å². The van der Waals surface area contributed by atoms with Crippen molar-refractivity contribution in [2.24, 2.45) is 0 Å². The Morgan fingerprint density at radius 3 is 0.719 bits per heavy atom. The molecule has 0 nitrogen and oxygen atoms in total. The predicted molar refractivity (Wildman–Crippen MR) is 588 cm³/mol. The van der Waals surface area contributed by atoms with Crippen LogP contribution in [0.4, 0.5) is 0 Å². The molecule has 0 N–H and O–H groups in total. The Morgan fingerprint density at radius 1 is 0.200 bits per heavy atom. The molecule has 4 fully saturated rings. The highest BCUT2D eigenvalue weighted by Crippen LogP contribution is 2.50. The first-order valence-electron chi connectivity index (χ1n) is 56.0. The van der Waals surface area contributed by atoms with Crippen molar-refractivity contribution in [2.75, 3.05) is 0 Å². The molecule has 0 bridgehead atoms. The summed E-state index contributed by atoms with van der Waals surface area (Å²) in [4.78, 5) is 0. The van der Waals surface area contributed by atoms with E-state index in [1.807, 2.05) is 20.8 Å². The largest absolute Gasteiger partial charge is 0.0629 e. The van der Waals surface area contributed by atoms with Crippen LogP contribution in [-0.2, 0) is 27.1 Å². The van der Waals surface area contributed by atoms with Crippen LogP contribution >= 0.6 is 0 Å². The molecule has 0 heterocycles. The van der Waals surface area contributed by atoms with Gasteiger partial charge in [-0.25, -0.2) is 0 Å². The molecule has 19 rings (SSSR count). The number of hydrogen-bond donors (Lipinski definition) is 0. The van der Waals surface area contributed by atoms with Gasteiger partial charge in [0.05, 0.1) is 12.3 Å². The first kappa shape index (κ1) is 83.9. The minimum atomic E-state index is -0.478. The Kier molecular flexibility index (Phi) is 27.9. The summed E-state index contributed by atoms with van der Waals surface area (Å²) in [6.07, 6.45) is 25.4. The van der Waals surface area contributed by atoms with Crippen molar-refractivity contribution in [1.29, 1.82) is 0 Å². The van der Waals surface area contributed by atoms with Crippen molar-refractivity contribution in [1.82, 2.24) is 0 Å². The lowest BCUT2D eigenvalue weighted by molar-refractivity contribution is 0.420. The van der Waals surface area contributed by atoms with Crippen LogP contribution in [0.1, 0.15) is 327 Å². The summed E-state index contributed by atoms with van der Waals surface area (Å²) in [5, 5.41) is 0. The van der Waals surface area contributed by atoms with Crippen molar-refractivity contribution >= 4 is 0 Å². The van der Waals surface area contributed by atoms with E-state index in [9.17, 15) is 2.74 Å². The number of rotatable bonds is 14. The predicted octanol–water partition coefficient (Wildman–Crippen LogP) is 40.1. The van der Waals surface area contributed by atoms with Crippen molar-refractivity contribution in [3.8, 4) is 111 Å². The molecule has 15 aromatic carbocycles. The summed E-state index contributed by atoms with van der Waals surface area (Å²) in [6, 6.07) is 108.